The van der Waals surface area contributed by atoms with Gasteiger partial charge in [0.2, 0.25) is 0 Å². The fourth-order valence-electron chi connectivity index (χ4n) is 2.64. The molecule has 0 aromatic heterocycles. The number of nitrogens with zero attached hydrogens (tertiary/aromatic N) is 1. The second-order valence-electron chi connectivity index (χ2n) is 5.94. The Balaban J connectivity index is 2.32. The van der Waals surface area contributed by atoms with Gasteiger partial charge in [0, 0.05) is 19.3 Å². The smallest absolute Gasteiger partial charge is 0.0546 e. The fraction of sp³-hybridized carbons (Fsp3) is 0.600. The third-order valence-corrected chi connectivity index (χ3v) is 4.83. The van der Waals surface area contributed by atoms with Gasteiger partial charge in [-0.3, -0.25) is 0 Å². The summed E-state index contributed by atoms with van der Waals surface area (Å²) < 4.78 is 0. The van der Waals surface area contributed by atoms with E-state index in [0.29, 0.717) is 12.0 Å². The van der Waals surface area contributed by atoms with Crippen LogP contribution in [0.15, 0.2) is 24.3 Å². The van der Waals surface area contributed by atoms with Gasteiger partial charge in [-0.2, -0.15) is 0 Å². The zero-order chi connectivity index (χ0) is 12.7. The van der Waals surface area contributed by atoms with E-state index in [0.717, 1.165) is 0 Å². The molecule has 1 aliphatic rings. The molecule has 1 fully saturated rings. The van der Waals surface area contributed by atoms with Crippen molar-refractivity contribution in [3.63, 3.8) is 0 Å². The molecule has 2 rings (SSSR count). The van der Waals surface area contributed by atoms with Crippen LogP contribution in [0, 0.1) is 12.3 Å². The lowest BCUT2D eigenvalue weighted by Gasteiger charge is -2.45. The Kier molecular flexibility index (Phi) is 2.94. The van der Waals surface area contributed by atoms with E-state index >= 15 is 0 Å². The maximum Gasteiger partial charge on any atom is 0.0546 e. The molecule has 0 saturated heterocycles. The molecule has 2 heteroatoms. The van der Waals surface area contributed by atoms with E-state index in [1.54, 1.807) is 0 Å². The standard InChI is InChI=1S/C15H24N2/c1-12-6-5-7-13(10-12)17(4)15(3,11-16)14(2)8-9-14/h5-7,10H,8-9,11,16H2,1-4H3. The van der Waals surface area contributed by atoms with Crippen molar-refractivity contribution in [1.29, 1.82) is 0 Å². The quantitative estimate of drug-likeness (QED) is 0.865. The summed E-state index contributed by atoms with van der Waals surface area (Å²) in [6.45, 7) is 7.48. The molecule has 0 bridgehead atoms. The Hall–Kier alpha value is -1.02. The van der Waals surface area contributed by atoms with Gasteiger partial charge in [0.1, 0.15) is 0 Å². The molecule has 94 valence electrons. The first-order chi connectivity index (χ1) is 7.93. The van der Waals surface area contributed by atoms with Gasteiger partial charge < -0.3 is 10.6 Å². The highest BCUT2D eigenvalue weighted by Gasteiger charge is 2.54. The molecule has 17 heavy (non-hydrogen) atoms. The zero-order valence-electron chi connectivity index (χ0n) is 11.5. The van der Waals surface area contributed by atoms with Crippen molar-refractivity contribution in [1.82, 2.24) is 0 Å². The molecule has 0 heterocycles. The normalized spacial score (nSPS) is 20.8. The molecule has 1 aromatic carbocycles. The summed E-state index contributed by atoms with van der Waals surface area (Å²) in [4.78, 5) is 2.37. The summed E-state index contributed by atoms with van der Waals surface area (Å²) in [5.41, 5.74) is 9.07. The van der Waals surface area contributed by atoms with Crippen LogP contribution in [0.2, 0.25) is 0 Å². The average molecular weight is 232 g/mol. The van der Waals surface area contributed by atoms with Gasteiger partial charge >= 0.3 is 0 Å². The van der Waals surface area contributed by atoms with Crippen LogP contribution in [0.3, 0.4) is 0 Å². The highest BCUT2D eigenvalue weighted by Crippen LogP contribution is 2.55. The Labute approximate surface area is 105 Å². The summed E-state index contributed by atoms with van der Waals surface area (Å²) in [7, 11) is 2.17. The number of hydrogen-bond donors (Lipinski definition) is 1. The number of benzene rings is 1. The number of aryl methyl sites for hydroxylation is 1. The van der Waals surface area contributed by atoms with Crippen molar-refractivity contribution in [2.24, 2.45) is 11.1 Å². The summed E-state index contributed by atoms with van der Waals surface area (Å²) in [6.07, 6.45) is 2.58. The molecule has 0 radical (unpaired) electrons. The lowest BCUT2D eigenvalue weighted by Crippen LogP contribution is -2.55. The summed E-state index contributed by atoms with van der Waals surface area (Å²) >= 11 is 0. The Morgan fingerprint density at radius 1 is 1.41 bits per heavy atom. The van der Waals surface area contributed by atoms with E-state index in [9.17, 15) is 0 Å². The largest absolute Gasteiger partial charge is 0.367 e. The molecule has 1 unspecified atom stereocenters. The number of anilines is 1. The first-order valence-electron chi connectivity index (χ1n) is 6.43. The van der Waals surface area contributed by atoms with Gasteiger partial charge in [0.15, 0.2) is 0 Å². The van der Waals surface area contributed by atoms with Crippen molar-refractivity contribution in [3.8, 4) is 0 Å². The molecule has 2 nitrogen and oxygen atoms in total. The number of nitrogens with two attached hydrogens (primary N) is 1. The highest BCUT2D eigenvalue weighted by atomic mass is 15.2. The molecule has 0 aliphatic heterocycles. The van der Waals surface area contributed by atoms with E-state index < -0.39 is 0 Å². The second-order valence-corrected chi connectivity index (χ2v) is 5.94. The van der Waals surface area contributed by atoms with Gasteiger partial charge in [-0.1, -0.05) is 19.1 Å². The third kappa shape index (κ3) is 1.95. The molecule has 1 atom stereocenters. The van der Waals surface area contributed by atoms with Crippen LogP contribution in [-0.4, -0.2) is 19.1 Å². The van der Waals surface area contributed by atoms with Gasteiger partial charge in [0.05, 0.1) is 5.54 Å². The maximum atomic E-state index is 6.07. The molecule has 2 N–H and O–H groups in total. The summed E-state index contributed by atoms with van der Waals surface area (Å²) in [5, 5.41) is 0. The number of rotatable bonds is 4. The van der Waals surface area contributed by atoms with Gasteiger partial charge in [-0.05, 0) is 49.8 Å². The van der Waals surface area contributed by atoms with Crippen LogP contribution in [0.1, 0.15) is 32.3 Å². The van der Waals surface area contributed by atoms with E-state index in [1.165, 1.54) is 24.1 Å². The molecular formula is C15H24N2. The molecule has 1 aromatic rings. The minimum absolute atomic E-state index is 0.0563. The maximum absolute atomic E-state index is 6.07. The Morgan fingerprint density at radius 3 is 2.53 bits per heavy atom. The van der Waals surface area contributed by atoms with Crippen molar-refractivity contribution in [2.45, 2.75) is 39.2 Å². The number of hydrogen-bond acceptors (Lipinski definition) is 2. The van der Waals surface area contributed by atoms with Crippen LogP contribution >= 0.6 is 0 Å². The van der Waals surface area contributed by atoms with Crippen LogP contribution in [0.4, 0.5) is 5.69 Å². The molecular weight excluding hydrogens is 208 g/mol. The fourth-order valence-corrected chi connectivity index (χ4v) is 2.64. The SMILES string of the molecule is Cc1cccc(N(C)C(C)(CN)C2(C)CC2)c1. The zero-order valence-corrected chi connectivity index (χ0v) is 11.5. The number of likely N-dealkylation sites (N-methyl/N-ethyl adjacent to an activating group) is 1. The monoisotopic (exact) mass is 232 g/mol. The lowest BCUT2D eigenvalue weighted by atomic mass is 9.82. The van der Waals surface area contributed by atoms with E-state index in [2.05, 4.69) is 57.0 Å². The Morgan fingerprint density at radius 2 is 2.06 bits per heavy atom. The molecule has 1 aliphatic carbocycles. The third-order valence-electron chi connectivity index (χ3n) is 4.83. The first-order valence-corrected chi connectivity index (χ1v) is 6.43. The van der Waals surface area contributed by atoms with Crippen molar-refractivity contribution in [3.05, 3.63) is 29.8 Å². The molecule has 1 saturated carbocycles. The lowest BCUT2D eigenvalue weighted by molar-refractivity contribution is 0.289. The summed E-state index contributed by atoms with van der Waals surface area (Å²) in [6, 6.07) is 8.66. The van der Waals surface area contributed by atoms with Gasteiger partial charge in [-0.25, -0.2) is 0 Å². The topological polar surface area (TPSA) is 29.3 Å². The second kappa shape index (κ2) is 4.02. The van der Waals surface area contributed by atoms with Crippen LogP contribution < -0.4 is 10.6 Å². The first kappa shape index (κ1) is 12.4. The molecule has 0 spiro atoms. The highest BCUT2D eigenvalue weighted by molar-refractivity contribution is 5.51. The predicted octanol–water partition coefficient (Wildman–Crippen LogP) is 2.95. The minimum Gasteiger partial charge on any atom is -0.367 e. The van der Waals surface area contributed by atoms with Crippen LogP contribution in [0.5, 0.6) is 0 Å². The minimum atomic E-state index is 0.0563. The molecule has 0 amide bonds. The van der Waals surface area contributed by atoms with E-state index in [4.69, 9.17) is 5.73 Å². The Bertz CT molecular complexity index is 409. The average Bonchev–Trinajstić information content (AvgIpc) is 3.07. The van der Waals surface area contributed by atoms with Crippen molar-refractivity contribution >= 4 is 5.69 Å². The van der Waals surface area contributed by atoms with Crippen molar-refractivity contribution < 1.29 is 0 Å². The van der Waals surface area contributed by atoms with Crippen LogP contribution in [-0.2, 0) is 0 Å². The van der Waals surface area contributed by atoms with E-state index in [-0.39, 0.29) is 5.54 Å². The van der Waals surface area contributed by atoms with E-state index in [1.807, 2.05) is 0 Å². The van der Waals surface area contributed by atoms with Gasteiger partial charge in [-0.15, -0.1) is 0 Å². The van der Waals surface area contributed by atoms with Crippen LogP contribution in [0.25, 0.3) is 0 Å². The van der Waals surface area contributed by atoms with Crippen molar-refractivity contribution in [2.75, 3.05) is 18.5 Å². The predicted molar refractivity (Wildman–Crippen MR) is 74.4 cm³/mol. The summed E-state index contributed by atoms with van der Waals surface area (Å²) in [5.74, 6) is 0. The van der Waals surface area contributed by atoms with Gasteiger partial charge in [0.25, 0.3) is 0 Å².